The van der Waals surface area contributed by atoms with Crippen LogP contribution in [0.3, 0.4) is 0 Å². The van der Waals surface area contributed by atoms with Crippen LogP contribution in [0.2, 0.25) is 0 Å². The maximum atomic E-state index is 12.8. The predicted molar refractivity (Wildman–Crippen MR) is 154 cm³/mol. The lowest BCUT2D eigenvalue weighted by Crippen LogP contribution is -2.47. The van der Waals surface area contributed by atoms with E-state index in [9.17, 15) is 19.5 Å². The van der Waals surface area contributed by atoms with Crippen LogP contribution in [0, 0.1) is 0 Å². The number of ether oxygens (including phenoxy) is 1. The zero-order valence-electron chi connectivity index (χ0n) is 24.0. The first-order valence-electron chi connectivity index (χ1n) is 13.8. The minimum absolute atomic E-state index is 0.160. The average molecular weight is 600 g/mol. The Morgan fingerprint density at radius 3 is 2.64 bits per heavy atom. The molecule has 2 bridgehead atoms. The van der Waals surface area contributed by atoms with Crippen molar-refractivity contribution in [2.45, 2.75) is 49.0 Å². The minimum Gasteiger partial charge on any atom is -0.508 e. The smallest absolute Gasteiger partial charge is 0.258 e. The van der Waals surface area contributed by atoms with E-state index in [-0.39, 0.29) is 35.5 Å². The van der Waals surface area contributed by atoms with Gasteiger partial charge in [0.1, 0.15) is 29.6 Å². The summed E-state index contributed by atoms with van der Waals surface area (Å²) in [5.74, 6) is -0.231. The highest BCUT2D eigenvalue weighted by Gasteiger charge is 2.20. The van der Waals surface area contributed by atoms with E-state index in [4.69, 9.17) is 9.15 Å². The molecule has 4 rings (SSSR count). The van der Waals surface area contributed by atoms with E-state index in [0.717, 1.165) is 35.4 Å². The van der Waals surface area contributed by atoms with Gasteiger partial charge in [-0.2, -0.15) is 0 Å². The summed E-state index contributed by atoms with van der Waals surface area (Å²) in [6, 6.07) is 7.25. The fraction of sp³-hybridized carbons (Fsp3) is 0.464. The second-order valence-electron chi connectivity index (χ2n) is 10.2. The quantitative estimate of drug-likeness (QED) is 0.406. The SMILES string of the molecule is C[C@@H]1NC(=O)COc2cc(O)cc(c2)C(=O)NCCCN(Cc2ccc(Sc3nncn3C)o2)CCCCN(C)C1=O. The second kappa shape index (κ2) is 14.7. The summed E-state index contributed by atoms with van der Waals surface area (Å²) in [5.41, 5.74) is 0.213. The molecule has 2 aromatic heterocycles. The molecular weight excluding hydrogens is 562 g/mol. The Morgan fingerprint density at radius 1 is 1.07 bits per heavy atom. The number of aryl methyl sites for hydroxylation is 1. The number of benzene rings is 1. The molecule has 3 aromatic rings. The van der Waals surface area contributed by atoms with Crippen molar-refractivity contribution in [3.63, 3.8) is 0 Å². The number of hydrogen-bond acceptors (Lipinski definition) is 10. The number of fused-ring (bicyclic) bond motifs is 2. The molecule has 0 aliphatic carbocycles. The number of phenols is 1. The van der Waals surface area contributed by atoms with Gasteiger partial charge in [0.2, 0.25) is 5.91 Å². The summed E-state index contributed by atoms with van der Waals surface area (Å²) in [7, 11) is 3.60. The maximum absolute atomic E-state index is 12.8. The number of furan rings is 1. The van der Waals surface area contributed by atoms with Gasteiger partial charge in [0.05, 0.1) is 6.54 Å². The zero-order valence-corrected chi connectivity index (χ0v) is 24.9. The lowest BCUT2D eigenvalue weighted by atomic mass is 10.2. The van der Waals surface area contributed by atoms with Crippen LogP contribution < -0.4 is 15.4 Å². The highest BCUT2D eigenvalue weighted by atomic mass is 32.2. The Bertz CT molecular complexity index is 1380. The molecular formula is C28H37N7O6S. The molecule has 3 N–H and O–H groups in total. The Balaban J connectivity index is 1.43. The van der Waals surface area contributed by atoms with Crippen molar-refractivity contribution in [2.24, 2.45) is 7.05 Å². The Hall–Kier alpha value is -4.04. The molecule has 3 amide bonds. The van der Waals surface area contributed by atoms with Crippen molar-refractivity contribution in [1.82, 2.24) is 35.2 Å². The maximum Gasteiger partial charge on any atom is 0.258 e. The predicted octanol–water partition coefficient (Wildman–Crippen LogP) is 2.02. The number of aromatic nitrogens is 3. The third-order valence-electron chi connectivity index (χ3n) is 6.68. The number of carbonyl (C=O) groups excluding carboxylic acids is 3. The lowest BCUT2D eigenvalue weighted by Gasteiger charge is -2.24. The first-order valence-corrected chi connectivity index (χ1v) is 14.6. The van der Waals surface area contributed by atoms with Gasteiger partial charge >= 0.3 is 0 Å². The van der Waals surface area contributed by atoms with Crippen molar-refractivity contribution in [1.29, 1.82) is 0 Å². The van der Waals surface area contributed by atoms with Gasteiger partial charge in [-0.05, 0) is 68.8 Å². The van der Waals surface area contributed by atoms with Gasteiger partial charge in [-0.15, -0.1) is 10.2 Å². The number of rotatable bonds is 4. The average Bonchev–Trinajstić information content (AvgIpc) is 3.58. The van der Waals surface area contributed by atoms with E-state index in [1.54, 1.807) is 25.2 Å². The normalized spacial score (nSPS) is 18.7. The van der Waals surface area contributed by atoms with Crippen LogP contribution in [-0.4, -0.2) is 93.3 Å². The summed E-state index contributed by atoms with van der Waals surface area (Å²) >= 11 is 1.40. The van der Waals surface area contributed by atoms with Gasteiger partial charge in [0.15, 0.2) is 16.9 Å². The van der Waals surface area contributed by atoms with Crippen LogP contribution in [0.15, 0.2) is 51.3 Å². The van der Waals surface area contributed by atoms with Gasteiger partial charge in [0, 0.05) is 45.4 Å². The van der Waals surface area contributed by atoms with E-state index in [2.05, 4.69) is 25.7 Å². The van der Waals surface area contributed by atoms with Gasteiger partial charge in [-0.1, -0.05) is 0 Å². The lowest BCUT2D eigenvalue weighted by molar-refractivity contribution is -0.135. The summed E-state index contributed by atoms with van der Waals surface area (Å²) in [6.07, 6.45) is 3.94. The molecule has 1 aromatic carbocycles. The molecule has 14 heteroatoms. The van der Waals surface area contributed by atoms with Crippen molar-refractivity contribution in [3.05, 3.63) is 48.0 Å². The van der Waals surface area contributed by atoms with Crippen LogP contribution >= 0.6 is 11.8 Å². The molecule has 13 nitrogen and oxygen atoms in total. The largest absolute Gasteiger partial charge is 0.508 e. The second-order valence-corrected chi connectivity index (χ2v) is 11.2. The Labute approximate surface area is 248 Å². The number of amides is 3. The minimum atomic E-state index is -0.730. The van der Waals surface area contributed by atoms with Gasteiger partial charge in [-0.3, -0.25) is 19.3 Å². The number of carbonyl (C=O) groups is 3. The molecule has 1 aliphatic rings. The van der Waals surface area contributed by atoms with Gasteiger partial charge in [0.25, 0.3) is 11.8 Å². The van der Waals surface area contributed by atoms with Crippen LogP contribution in [0.4, 0.5) is 0 Å². The summed E-state index contributed by atoms with van der Waals surface area (Å²) < 4.78 is 13.4. The Kier molecular flexibility index (Phi) is 10.8. The van der Waals surface area contributed by atoms with Crippen LogP contribution in [0.5, 0.6) is 11.5 Å². The molecule has 0 unspecified atom stereocenters. The van der Waals surface area contributed by atoms with E-state index >= 15 is 0 Å². The third kappa shape index (κ3) is 8.98. The zero-order chi connectivity index (χ0) is 30.1. The molecule has 226 valence electrons. The van der Waals surface area contributed by atoms with Gasteiger partial charge < -0.3 is 34.4 Å². The number of nitrogens with one attached hydrogen (secondary N) is 2. The Morgan fingerprint density at radius 2 is 1.86 bits per heavy atom. The number of likely N-dealkylation sites (N-methyl/N-ethyl adjacent to an activating group) is 1. The molecule has 1 atom stereocenters. The van der Waals surface area contributed by atoms with Crippen molar-refractivity contribution in [3.8, 4) is 11.5 Å². The highest BCUT2D eigenvalue weighted by molar-refractivity contribution is 7.99. The first-order chi connectivity index (χ1) is 20.2. The number of hydrogen-bond donors (Lipinski definition) is 3. The van der Waals surface area contributed by atoms with E-state index in [0.29, 0.717) is 32.6 Å². The third-order valence-corrected chi connectivity index (χ3v) is 7.65. The molecule has 1 aliphatic heterocycles. The molecule has 3 heterocycles. The molecule has 0 fully saturated rings. The standard InChI is InChI=1S/C28H37N7O6S/c1-19-27(39)33(2)10-4-5-11-35(16-22-7-8-25(41-22)42-28-32-30-18-34(28)3)12-6-9-29-26(38)20-13-21(36)15-23(14-20)40-17-24(37)31-19/h7-8,13-15,18-19,36H,4-6,9-12,16-17H2,1-3H3,(H,29,38)(H,31,37)/t19-/m0/s1. The monoisotopic (exact) mass is 599 g/mol. The molecule has 0 spiro atoms. The summed E-state index contributed by atoms with van der Waals surface area (Å²) in [5, 5.41) is 25.0. The fourth-order valence-electron chi connectivity index (χ4n) is 4.47. The fourth-order valence-corrected chi connectivity index (χ4v) is 5.21. The molecule has 42 heavy (non-hydrogen) atoms. The van der Waals surface area contributed by atoms with Crippen molar-refractivity contribution >= 4 is 29.5 Å². The van der Waals surface area contributed by atoms with E-state index in [1.165, 1.54) is 30.0 Å². The van der Waals surface area contributed by atoms with Crippen LogP contribution in [0.25, 0.3) is 0 Å². The highest BCUT2D eigenvalue weighted by Crippen LogP contribution is 2.27. The summed E-state index contributed by atoms with van der Waals surface area (Å²) in [4.78, 5) is 41.8. The van der Waals surface area contributed by atoms with E-state index < -0.39 is 11.9 Å². The number of aromatic hydroxyl groups is 1. The summed E-state index contributed by atoms with van der Waals surface area (Å²) in [6.45, 7) is 4.29. The number of nitrogens with zero attached hydrogens (tertiary/aromatic N) is 5. The molecule has 0 saturated heterocycles. The number of phenolic OH excluding ortho intramolecular Hbond substituents is 1. The van der Waals surface area contributed by atoms with Gasteiger partial charge in [-0.25, -0.2) is 0 Å². The first kappa shape index (κ1) is 30.9. The van der Waals surface area contributed by atoms with Crippen molar-refractivity contribution < 1.29 is 28.6 Å². The molecule has 0 radical (unpaired) electrons. The topological polar surface area (TPSA) is 155 Å². The van der Waals surface area contributed by atoms with E-state index in [1.807, 2.05) is 23.7 Å². The van der Waals surface area contributed by atoms with Crippen molar-refractivity contribution in [2.75, 3.05) is 39.8 Å². The van der Waals surface area contributed by atoms with Crippen LogP contribution in [0.1, 0.15) is 42.3 Å². The molecule has 0 saturated carbocycles. The van der Waals surface area contributed by atoms with Crippen LogP contribution in [-0.2, 0) is 23.2 Å².